The van der Waals surface area contributed by atoms with Gasteiger partial charge in [0.15, 0.2) is 0 Å². The fraction of sp³-hybridized carbons (Fsp3) is 0.281. The molecule has 1 aliphatic rings. The number of hydrogen-bond donors (Lipinski definition) is 2. The maximum atomic E-state index is 12.6. The van der Waals surface area contributed by atoms with E-state index in [1.54, 1.807) is 12.1 Å². The third kappa shape index (κ3) is 7.60. The van der Waals surface area contributed by atoms with E-state index in [2.05, 4.69) is 15.5 Å². The number of fused-ring (bicyclic) bond motifs is 1. The van der Waals surface area contributed by atoms with E-state index in [1.807, 2.05) is 66.7 Å². The van der Waals surface area contributed by atoms with Crippen molar-refractivity contribution in [3.8, 4) is 11.5 Å². The number of amides is 2. The molecule has 0 aliphatic carbocycles. The van der Waals surface area contributed by atoms with E-state index in [0.717, 1.165) is 39.9 Å². The van der Waals surface area contributed by atoms with Crippen LogP contribution in [-0.4, -0.2) is 37.2 Å². The molecule has 2 amide bonds. The molecule has 0 radical (unpaired) electrons. The topological polar surface area (TPSA) is 62.8 Å². The molecule has 208 valence electrons. The van der Waals surface area contributed by atoms with Gasteiger partial charge in [-0.2, -0.15) is 0 Å². The molecular formula is C32H33Cl2N3O3. The lowest BCUT2D eigenvalue weighted by atomic mass is 10.1. The summed E-state index contributed by atoms with van der Waals surface area (Å²) in [5.74, 6) is 1.62. The molecular weight excluding hydrogens is 545 g/mol. The maximum Gasteiger partial charge on any atom is 0.319 e. The molecule has 0 spiro atoms. The van der Waals surface area contributed by atoms with Crippen molar-refractivity contribution >= 4 is 45.7 Å². The summed E-state index contributed by atoms with van der Waals surface area (Å²) in [6, 6.07) is 24.6. The first kappa shape index (κ1) is 28.1. The van der Waals surface area contributed by atoms with Gasteiger partial charge in [0.1, 0.15) is 24.7 Å². The van der Waals surface area contributed by atoms with Crippen molar-refractivity contribution in [1.29, 1.82) is 0 Å². The number of carbonyl (C=O) groups excluding carboxylic acids is 1. The highest BCUT2D eigenvalue weighted by molar-refractivity contribution is 6.42. The number of hydrogen-bond acceptors (Lipinski definition) is 4. The van der Waals surface area contributed by atoms with Gasteiger partial charge in [-0.3, -0.25) is 4.90 Å². The third-order valence-electron chi connectivity index (χ3n) is 7.01. The standard InChI is InChI=1S/C32H33Cl2N3O3/c33-28-13-10-24(20-29(28)34)21-35-32(38)36-30-14-15-31(27-7-3-2-6-26(27)30)40-22-23-8-11-25(12-9-23)39-19-18-37-16-4-1-5-17-37/h2-3,6-15,20H,1,4-5,16-19,21-22H2,(H2,35,36,38). The summed E-state index contributed by atoms with van der Waals surface area (Å²) in [7, 11) is 0. The number of likely N-dealkylation sites (tertiary alicyclic amines) is 1. The quantitative estimate of drug-likeness (QED) is 0.201. The molecule has 2 N–H and O–H groups in total. The predicted molar refractivity (Wildman–Crippen MR) is 163 cm³/mol. The number of carbonyl (C=O) groups is 1. The Morgan fingerprint density at radius 3 is 2.33 bits per heavy atom. The summed E-state index contributed by atoms with van der Waals surface area (Å²) in [5.41, 5.74) is 2.60. The van der Waals surface area contributed by atoms with Crippen molar-refractivity contribution < 1.29 is 14.3 Å². The highest BCUT2D eigenvalue weighted by Gasteiger charge is 2.11. The number of nitrogens with one attached hydrogen (secondary N) is 2. The first-order chi connectivity index (χ1) is 19.5. The lowest BCUT2D eigenvalue weighted by Gasteiger charge is -2.26. The fourth-order valence-corrected chi connectivity index (χ4v) is 5.14. The first-order valence-corrected chi connectivity index (χ1v) is 14.4. The van der Waals surface area contributed by atoms with Gasteiger partial charge in [0, 0.05) is 23.9 Å². The number of anilines is 1. The number of urea groups is 1. The molecule has 40 heavy (non-hydrogen) atoms. The lowest BCUT2D eigenvalue weighted by molar-refractivity contribution is 0.183. The van der Waals surface area contributed by atoms with Crippen LogP contribution in [0, 0.1) is 0 Å². The molecule has 1 aliphatic heterocycles. The van der Waals surface area contributed by atoms with E-state index in [9.17, 15) is 4.79 Å². The normalized spacial score (nSPS) is 13.7. The predicted octanol–water partition coefficient (Wildman–Crippen LogP) is 7.91. The van der Waals surface area contributed by atoms with Gasteiger partial charge in [-0.25, -0.2) is 4.79 Å². The average Bonchev–Trinajstić information content (AvgIpc) is 2.98. The monoisotopic (exact) mass is 577 g/mol. The van der Waals surface area contributed by atoms with E-state index >= 15 is 0 Å². The summed E-state index contributed by atoms with van der Waals surface area (Å²) in [4.78, 5) is 15.1. The SMILES string of the molecule is O=C(NCc1ccc(Cl)c(Cl)c1)Nc1ccc(OCc2ccc(OCCN3CCCCC3)cc2)c2ccccc12. The highest BCUT2D eigenvalue weighted by atomic mass is 35.5. The second kappa shape index (κ2) is 13.8. The Morgan fingerprint density at radius 2 is 1.55 bits per heavy atom. The van der Waals surface area contributed by atoms with Gasteiger partial charge in [-0.15, -0.1) is 0 Å². The second-order valence-corrected chi connectivity index (χ2v) is 10.7. The molecule has 1 heterocycles. The molecule has 0 aromatic heterocycles. The molecule has 0 saturated carbocycles. The van der Waals surface area contributed by atoms with Crippen LogP contribution < -0.4 is 20.1 Å². The maximum absolute atomic E-state index is 12.6. The molecule has 4 aromatic rings. The van der Waals surface area contributed by atoms with Gasteiger partial charge in [0.25, 0.3) is 0 Å². The highest BCUT2D eigenvalue weighted by Crippen LogP contribution is 2.32. The smallest absolute Gasteiger partial charge is 0.319 e. The van der Waals surface area contributed by atoms with Crippen LogP contribution in [0.3, 0.4) is 0 Å². The summed E-state index contributed by atoms with van der Waals surface area (Å²) < 4.78 is 12.1. The van der Waals surface area contributed by atoms with Crippen LogP contribution in [0.5, 0.6) is 11.5 Å². The van der Waals surface area contributed by atoms with E-state index in [0.29, 0.717) is 35.5 Å². The van der Waals surface area contributed by atoms with E-state index < -0.39 is 0 Å². The van der Waals surface area contributed by atoms with Gasteiger partial charge in [-0.1, -0.05) is 72.1 Å². The molecule has 4 aromatic carbocycles. The Morgan fingerprint density at radius 1 is 0.800 bits per heavy atom. The number of piperidine rings is 1. The molecule has 1 fully saturated rings. The van der Waals surface area contributed by atoms with Crippen LogP contribution >= 0.6 is 23.2 Å². The van der Waals surface area contributed by atoms with Crippen molar-refractivity contribution in [1.82, 2.24) is 10.2 Å². The van der Waals surface area contributed by atoms with Gasteiger partial charge in [0.2, 0.25) is 0 Å². The first-order valence-electron chi connectivity index (χ1n) is 13.6. The average molecular weight is 579 g/mol. The largest absolute Gasteiger partial charge is 0.492 e. The third-order valence-corrected chi connectivity index (χ3v) is 7.75. The zero-order chi connectivity index (χ0) is 27.7. The Hall–Kier alpha value is -3.45. The minimum Gasteiger partial charge on any atom is -0.492 e. The van der Waals surface area contributed by atoms with Crippen LogP contribution in [0.2, 0.25) is 10.0 Å². The van der Waals surface area contributed by atoms with Gasteiger partial charge < -0.3 is 20.1 Å². The van der Waals surface area contributed by atoms with Crippen LogP contribution in [0.25, 0.3) is 10.8 Å². The Balaban J connectivity index is 1.15. The zero-order valence-electron chi connectivity index (χ0n) is 22.3. The molecule has 0 unspecified atom stereocenters. The Kier molecular flexibility index (Phi) is 9.66. The summed E-state index contributed by atoms with van der Waals surface area (Å²) >= 11 is 12.0. The van der Waals surface area contributed by atoms with Gasteiger partial charge in [-0.05, 0) is 73.5 Å². The lowest BCUT2D eigenvalue weighted by Crippen LogP contribution is -2.33. The Labute approximate surface area is 245 Å². The van der Waals surface area contributed by atoms with E-state index in [1.165, 1.54) is 32.4 Å². The van der Waals surface area contributed by atoms with Crippen LogP contribution in [0.15, 0.2) is 78.9 Å². The molecule has 8 heteroatoms. The van der Waals surface area contributed by atoms with Crippen molar-refractivity contribution in [3.05, 3.63) is 100 Å². The summed E-state index contributed by atoms with van der Waals surface area (Å²) in [5, 5.41) is 8.55. The van der Waals surface area contributed by atoms with Gasteiger partial charge >= 0.3 is 6.03 Å². The summed E-state index contributed by atoms with van der Waals surface area (Å²) in [6.07, 6.45) is 3.93. The van der Waals surface area contributed by atoms with Crippen LogP contribution in [0.1, 0.15) is 30.4 Å². The van der Waals surface area contributed by atoms with Crippen molar-refractivity contribution in [2.24, 2.45) is 0 Å². The molecule has 6 nitrogen and oxygen atoms in total. The number of rotatable bonds is 10. The van der Waals surface area contributed by atoms with Crippen LogP contribution in [-0.2, 0) is 13.2 Å². The zero-order valence-corrected chi connectivity index (χ0v) is 23.8. The minimum absolute atomic E-state index is 0.317. The van der Waals surface area contributed by atoms with Crippen LogP contribution in [0.4, 0.5) is 10.5 Å². The second-order valence-electron chi connectivity index (χ2n) is 9.90. The van der Waals surface area contributed by atoms with Crippen molar-refractivity contribution in [3.63, 3.8) is 0 Å². The summed E-state index contributed by atoms with van der Waals surface area (Å²) in [6.45, 7) is 4.79. The van der Waals surface area contributed by atoms with E-state index in [4.69, 9.17) is 32.7 Å². The number of benzene rings is 4. The fourth-order valence-electron chi connectivity index (χ4n) is 4.82. The number of nitrogens with zero attached hydrogens (tertiary/aromatic N) is 1. The van der Waals surface area contributed by atoms with Crippen molar-refractivity contribution in [2.75, 3.05) is 31.6 Å². The van der Waals surface area contributed by atoms with E-state index in [-0.39, 0.29) is 6.03 Å². The van der Waals surface area contributed by atoms with Gasteiger partial charge in [0.05, 0.1) is 15.7 Å². The number of ether oxygens (including phenoxy) is 2. The molecule has 1 saturated heterocycles. The number of halogens is 2. The van der Waals surface area contributed by atoms with Crippen molar-refractivity contribution in [2.45, 2.75) is 32.4 Å². The molecule has 0 atom stereocenters. The molecule has 0 bridgehead atoms. The minimum atomic E-state index is -0.317. The molecule has 5 rings (SSSR count). The Bertz CT molecular complexity index is 1440.